The highest BCUT2D eigenvalue weighted by Gasteiger charge is 2.25. The predicted octanol–water partition coefficient (Wildman–Crippen LogP) is 3.30. The third kappa shape index (κ3) is 6.11. The summed E-state index contributed by atoms with van der Waals surface area (Å²) in [6.45, 7) is 6.31. The lowest BCUT2D eigenvalue weighted by atomic mass is 9.98. The molecule has 1 heterocycles. The van der Waals surface area contributed by atoms with E-state index in [2.05, 4.69) is 15.3 Å². The second-order valence-corrected chi connectivity index (χ2v) is 9.21. The van der Waals surface area contributed by atoms with Crippen molar-refractivity contribution in [3.05, 3.63) is 53.7 Å². The van der Waals surface area contributed by atoms with Crippen molar-refractivity contribution in [1.29, 1.82) is 0 Å². The van der Waals surface area contributed by atoms with Crippen molar-refractivity contribution in [3.8, 4) is 22.6 Å². The van der Waals surface area contributed by atoms with Crippen LogP contribution in [0.4, 0.5) is 17.5 Å². The molecule has 188 valence electrons. The summed E-state index contributed by atoms with van der Waals surface area (Å²) in [7, 11) is -2.23. The van der Waals surface area contributed by atoms with Gasteiger partial charge in [0.05, 0.1) is 12.2 Å². The van der Waals surface area contributed by atoms with Crippen LogP contribution in [0.1, 0.15) is 31.9 Å². The Morgan fingerprint density at radius 1 is 1.03 bits per heavy atom. The lowest BCUT2D eigenvalue weighted by molar-refractivity contribution is 0.339. The Bertz CT molecular complexity index is 1260. The molecule has 3 aromatic rings. The van der Waals surface area contributed by atoms with E-state index in [1.807, 2.05) is 44.3 Å². The lowest BCUT2D eigenvalue weighted by Gasteiger charge is -2.22. The van der Waals surface area contributed by atoms with E-state index in [0.29, 0.717) is 35.5 Å². The molecule has 0 amide bonds. The highest BCUT2D eigenvalue weighted by Crippen LogP contribution is 2.41. The van der Waals surface area contributed by atoms with E-state index in [1.165, 1.54) is 4.31 Å². The number of nitrogens with zero attached hydrogens (tertiary/aromatic N) is 3. The minimum absolute atomic E-state index is 0.0796. The summed E-state index contributed by atoms with van der Waals surface area (Å²) in [6.07, 6.45) is 1.88. The van der Waals surface area contributed by atoms with Crippen LogP contribution in [0, 0.1) is 0 Å². The minimum atomic E-state index is -4.05. The van der Waals surface area contributed by atoms with Crippen LogP contribution in [0.15, 0.2) is 42.6 Å². The highest BCUT2D eigenvalue weighted by atomic mass is 32.2. The molecular formula is C24H32N6O4S. The van der Waals surface area contributed by atoms with Crippen molar-refractivity contribution in [2.24, 2.45) is 0 Å². The van der Waals surface area contributed by atoms with E-state index < -0.39 is 10.3 Å². The smallest absolute Gasteiger partial charge is 0.385 e. The van der Waals surface area contributed by atoms with Crippen LogP contribution >= 0.6 is 0 Å². The first-order chi connectivity index (χ1) is 16.7. The van der Waals surface area contributed by atoms with Crippen molar-refractivity contribution < 1.29 is 17.3 Å². The average molecular weight is 501 g/mol. The van der Waals surface area contributed by atoms with Gasteiger partial charge in [0.2, 0.25) is 5.95 Å². The molecule has 0 atom stereocenters. The predicted molar refractivity (Wildman–Crippen MR) is 139 cm³/mol. The Balaban J connectivity index is 2.19. The molecule has 0 unspecified atom stereocenters. The van der Waals surface area contributed by atoms with Gasteiger partial charge in [0.15, 0.2) is 5.75 Å². The molecule has 0 saturated heterocycles. The van der Waals surface area contributed by atoms with Gasteiger partial charge in [-0.25, -0.2) is 4.98 Å². The van der Waals surface area contributed by atoms with Crippen LogP contribution in [0.2, 0.25) is 0 Å². The number of hydrogen-bond donors (Lipinski definition) is 3. The number of nitrogens with one attached hydrogen (secondary N) is 1. The van der Waals surface area contributed by atoms with Gasteiger partial charge in [0.1, 0.15) is 11.6 Å². The second-order valence-electron chi connectivity index (χ2n) is 7.67. The summed E-state index contributed by atoms with van der Waals surface area (Å²) in [5, 5.41) is 3.08. The topological polar surface area (TPSA) is 146 Å². The van der Waals surface area contributed by atoms with Crippen molar-refractivity contribution in [1.82, 2.24) is 14.3 Å². The van der Waals surface area contributed by atoms with E-state index in [4.69, 9.17) is 20.4 Å². The van der Waals surface area contributed by atoms with Crippen LogP contribution < -0.4 is 25.7 Å². The van der Waals surface area contributed by atoms with Crippen LogP contribution in [0.3, 0.4) is 0 Å². The zero-order valence-electron chi connectivity index (χ0n) is 20.4. The number of aromatic nitrogens is 2. The molecule has 0 aliphatic carbocycles. The summed E-state index contributed by atoms with van der Waals surface area (Å²) in [4.78, 5) is 8.03. The molecule has 1 aromatic heterocycles. The lowest BCUT2D eigenvalue weighted by Crippen LogP contribution is -2.34. The Morgan fingerprint density at radius 2 is 1.69 bits per heavy atom. The van der Waals surface area contributed by atoms with Crippen molar-refractivity contribution in [2.45, 2.75) is 27.2 Å². The molecule has 0 spiro atoms. The Hall–Kier alpha value is -3.57. The zero-order chi connectivity index (χ0) is 25.6. The van der Waals surface area contributed by atoms with E-state index in [0.717, 1.165) is 11.3 Å². The summed E-state index contributed by atoms with van der Waals surface area (Å²) in [5.74, 6) is 0.975. The maximum Gasteiger partial charge on any atom is 0.385 e. The average Bonchev–Trinajstić information content (AvgIpc) is 2.81. The fraction of sp³-hybridized carbons (Fsp3) is 0.333. The zero-order valence-corrected chi connectivity index (χ0v) is 21.2. The number of anilines is 3. The van der Waals surface area contributed by atoms with Crippen LogP contribution in [-0.2, 0) is 16.7 Å². The Labute approximate surface area is 206 Å². The highest BCUT2D eigenvalue weighted by molar-refractivity contribution is 7.84. The number of benzene rings is 2. The molecule has 5 N–H and O–H groups in total. The maximum absolute atomic E-state index is 13.1. The van der Waals surface area contributed by atoms with Crippen molar-refractivity contribution in [3.63, 3.8) is 0 Å². The quantitative estimate of drug-likeness (QED) is 0.361. The molecule has 0 aliphatic heterocycles. The molecule has 0 fully saturated rings. The first-order valence-electron chi connectivity index (χ1n) is 11.4. The monoisotopic (exact) mass is 500 g/mol. The molecular weight excluding hydrogens is 468 g/mol. The van der Waals surface area contributed by atoms with Gasteiger partial charge in [-0.1, -0.05) is 26.0 Å². The fourth-order valence-corrected chi connectivity index (χ4v) is 4.76. The SMILES string of the molecule is CCOc1cc(Cc2cnc(N)nc2N)cc(OS(=O)(=O)N(CC)CC)c1-c1ccc(NC)cc1. The van der Waals surface area contributed by atoms with Gasteiger partial charge in [0.25, 0.3) is 0 Å². The summed E-state index contributed by atoms with van der Waals surface area (Å²) in [6, 6.07) is 11.1. The molecule has 0 bridgehead atoms. The van der Waals surface area contributed by atoms with Crippen molar-refractivity contribution in [2.75, 3.05) is 43.5 Å². The third-order valence-electron chi connectivity index (χ3n) is 5.42. The number of nitrogen functional groups attached to an aromatic ring is 2. The van der Waals surface area contributed by atoms with Crippen LogP contribution in [0.5, 0.6) is 11.5 Å². The van der Waals surface area contributed by atoms with Gasteiger partial charge in [-0.3, -0.25) is 0 Å². The Kier molecular flexibility index (Phi) is 8.36. The molecule has 35 heavy (non-hydrogen) atoms. The first kappa shape index (κ1) is 26.0. The number of hydrogen-bond acceptors (Lipinski definition) is 9. The van der Waals surface area contributed by atoms with Gasteiger partial charge in [0, 0.05) is 44.0 Å². The minimum Gasteiger partial charge on any atom is -0.493 e. The third-order valence-corrected chi connectivity index (χ3v) is 6.95. The van der Waals surface area contributed by atoms with Gasteiger partial charge in [-0.2, -0.15) is 17.7 Å². The summed E-state index contributed by atoms with van der Waals surface area (Å²) < 4.78 is 39.1. The molecule has 11 heteroatoms. The first-order valence-corrected chi connectivity index (χ1v) is 12.7. The number of rotatable bonds is 11. The number of nitrogens with two attached hydrogens (primary N) is 2. The fourth-order valence-electron chi connectivity index (χ4n) is 3.67. The molecule has 0 radical (unpaired) electrons. The maximum atomic E-state index is 13.1. The van der Waals surface area contributed by atoms with Gasteiger partial charge < -0.3 is 25.7 Å². The summed E-state index contributed by atoms with van der Waals surface area (Å²) >= 11 is 0. The van der Waals surface area contributed by atoms with Crippen LogP contribution in [0.25, 0.3) is 11.1 Å². The van der Waals surface area contributed by atoms with E-state index in [-0.39, 0.29) is 30.6 Å². The number of ether oxygens (including phenoxy) is 1. The molecule has 0 aliphatic rings. The Morgan fingerprint density at radius 3 is 2.26 bits per heavy atom. The molecule has 3 rings (SSSR count). The summed E-state index contributed by atoms with van der Waals surface area (Å²) in [5.41, 5.74) is 15.2. The standard InChI is InChI=1S/C24H32N6O4S/c1-5-30(6-2)35(31,32)34-21-14-16(12-18-15-28-24(26)29-23(18)25)13-20(33-7-3)22(21)17-8-10-19(27-4)11-9-17/h8-11,13-15,27H,5-7,12H2,1-4H3,(H4,25,26,28,29). The van der Waals surface area contributed by atoms with E-state index >= 15 is 0 Å². The van der Waals surface area contributed by atoms with Crippen molar-refractivity contribution >= 4 is 27.8 Å². The van der Waals surface area contributed by atoms with Gasteiger partial charge in [-0.05, 0) is 42.3 Å². The van der Waals surface area contributed by atoms with E-state index in [1.54, 1.807) is 26.1 Å². The largest absolute Gasteiger partial charge is 0.493 e. The molecule has 10 nitrogen and oxygen atoms in total. The van der Waals surface area contributed by atoms with Gasteiger partial charge in [-0.15, -0.1) is 0 Å². The molecule has 0 saturated carbocycles. The second kappa shape index (κ2) is 11.2. The normalized spacial score (nSPS) is 11.5. The van der Waals surface area contributed by atoms with Gasteiger partial charge >= 0.3 is 10.3 Å². The van der Waals surface area contributed by atoms with Crippen LogP contribution in [-0.4, -0.2) is 49.4 Å². The van der Waals surface area contributed by atoms with E-state index in [9.17, 15) is 8.42 Å². The molecule has 2 aromatic carbocycles.